The van der Waals surface area contributed by atoms with Gasteiger partial charge in [-0.2, -0.15) is 0 Å². The summed E-state index contributed by atoms with van der Waals surface area (Å²) in [5, 5.41) is 6.95. The third kappa shape index (κ3) is 5.28. The number of aromatic nitrogens is 2. The zero-order chi connectivity index (χ0) is 36.3. The lowest BCUT2D eigenvalue weighted by atomic mass is 9.95. The topological polar surface area (TPSA) is 38.9 Å². The van der Waals surface area contributed by atoms with Gasteiger partial charge in [-0.05, 0) is 61.8 Å². The summed E-state index contributed by atoms with van der Waals surface area (Å²) in [5.41, 5.74) is 14.9. The van der Waals surface area contributed by atoms with E-state index in [-0.39, 0.29) is 0 Å². The van der Waals surface area contributed by atoms with Crippen LogP contribution in [0.25, 0.3) is 110 Å². The Kier molecular flexibility index (Phi) is 7.17. The molecule has 11 rings (SSSR count). The van der Waals surface area contributed by atoms with Crippen LogP contribution in [0.3, 0.4) is 0 Å². The second kappa shape index (κ2) is 12.6. The van der Waals surface area contributed by atoms with Gasteiger partial charge in [0.15, 0.2) is 0 Å². The largest absolute Gasteiger partial charge is 0.455 e. The van der Waals surface area contributed by atoms with Crippen LogP contribution in [0.4, 0.5) is 0 Å². The summed E-state index contributed by atoms with van der Waals surface area (Å²) in [5.74, 6) is 0. The average molecular weight is 701 g/mol. The minimum Gasteiger partial charge on any atom is -0.455 e. The van der Waals surface area contributed by atoms with Crippen molar-refractivity contribution < 1.29 is 4.42 Å². The molecular formula is C52H32N2O. The first-order valence-electron chi connectivity index (χ1n) is 18.6. The van der Waals surface area contributed by atoms with Gasteiger partial charge >= 0.3 is 0 Å². The molecule has 0 aliphatic heterocycles. The van der Waals surface area contributed by atoms with E-state index >= 15 is 0 Å². The smallest absolute Gasteiger partial charge is 0.143 e. The van der Waals surface area contributed by atoms with Crippen LogP contribution in [0.5, 0.6) is 0 Å². The predicted octanol–water partition coefficient (Wildman–Crippen LogP) is 14.2. The van der Waals surface area contributed by atoms with Crippen LogP contribution >= 0.6 is 0 Å². The average Bonchev–Trinajstić information content (AvgIpc) is 3.66. The quantitative estimate of drug-likeness (QED) is 0.168. The third-order valence-corrected chi connectivity index (χ3v) is 11.0. The summed E-state index contributed by atoms with van der Waals surface area (Å²) in [6, 6.07) is 66.6. The van der Waals surface area contributed by atoms with Crippen LogP contribution < -0.4 is 0 Å². The molecule has 0 radical (unpaired) electrons. The van der Waals surface area contributed by atoms with Crippen molar-refractivity contribution in [3.05, 3.63) is 194 Å². The van der Waals surface area contributed by atoms with Crippen molar-refractivity contribution in [2.75, 3.05) is 0 Å². The maximum Gasteiger partial charge on any atom is 0.143 e. The van der Waals surface area contributed by atoms with Crippen molar-refractivity contribution in [1.82, 2.24) is 9.97 Å². The normalized spacial score (nSPS) is 11.6. The van der Waals surface area contributed by atoms with Crippen molar-refractivity contribution in [1.29, 1.82) is 0 Å². The van der Waals surface area contributed by atoms with Gasteiger partial charge in [-0.3, -0.25) is 4.98 Å². The first-order chi connectivity index (χ1) is 27.2. The van der Waals surface area contributed by atoms with Crippen molar-refractivity contribution in [3.8, 4) is 55.8 Å². The molecule has 2 aromatic heterocycles. The standard InChI is InChI=1S/C52H32N2O/c1-3-14-45-42(11-1)43-12-2-4-15-46(43)51-50(45)53-32-48(54-51)38-29-25-36(26-30-38)40-10-7-9-39(31-40)35-21-19-33(20-22-35)34-23-27-37(28-24-34)41-16-8-17-47-44-13-5-6-18-49(44)55-52(41)47/h1-32H. The van der Waals surface area contributed by atoms with Gasteiger partial charge in [-0.25, -0.2) is 4.98 Å². The van der Waals surface area contributed by atoms with Gasteiger partial charge in [0.2, 0.25) is 0 Å². The fourth-order valence-corrected chi connectivity index (χ4v) is 8.15. The summed E-state index contributed by atoms with van der Waals surface area (Å²) in [6.07, 6.45) is 1.90. The molecule has 9 aromatic carbocycles. The SMILES string of the molecule is c1cc(-c2ccc(-c3ccc(-c4cccc5c4oc4ccccc45)cc3)cc2)cc(-c2ccc(-c3cnc4c5ccccc5c5ccccc5c4n3)cc2)c1. The van der Waals surface area contributed by atoms with Gasteiger partial charge in [0.25, 0.3) is 0 Å². The lowest BCUT2D eigenvalue weighted by Crippen LogP contribution is -1.92. The molecule has 0 aliphatic carbocycles. The molecular weight excluding hydrogens is 669 g/mol. The molecule has 0 saturated heterocycles. The van der Waals surface area contributed by atoms with Crippen molar-refractivity contribution in [3.63, 3.8) is 0 Å². The number of benzene rings is 9. The van der Waals surface area contributed by atoms with E-state index in [2.05, 4.69) is 176 Å². The van der Waals surface area contributed by atoms with Crippen molar-refractivity contribution in [2.45, 2.75) is 0 Å². The van der Waals surface area contributed by atoms with Gasteiger partial charge in [0.1, 0.15) is 11.2 Å². The highest BCUT2D eigenvalue weighted by molar-refractivity contribution is 6.23. The van der Waals surface area contributed by atoms with Gasteiger partial charge < -0.3 is 4.42 Å². The zero-order valence-electron chi connectivity index (χ0n) is 29.8. The van der Waals surface area contributed by atoms with Crippen molar-refractivity contribution in [2.24, 2.45) is 0 Å². The van der Waals surface area contributed by atoms with E-state index in [9.17, 15) is 0 Å². The summed E-state index contributed by atoms with van der Waals surface area (Å²) < 4.78 is 6.30. The molecule has 0 N–H and O–H groups in total. The first-order valence-corrected chi connectivity index (χ1v) is 18.6. The summed E-state index contributed by atoms with van der Waals surface area (Å²) >= 11 is 0. The predicted molar refractivity (Wildman–Crippen MR) is 229 cm³/mol. The Hall–Kier alpha value is -7.36. The molecule has 0 spiro atoms. The molecule has 0 aliphatic rings. The molecule has 3 heteroatoms. The number of rotatable bonds is 5. The Morgan fingerprint density at radius 1 is 0.327 bits per heavy atom. The molecule has 256 valence electrons. The minimum absolute atomic E-state index is 0.867. The van der Waals surface area contributed by atoms with Crippen LogP contribution in [-0.4, -0.2) is 9.97 Å². The van der Waals surface area contributed by atoms with Crippen LogP contribution in [0, 0.1) is 0 Å². The number of hydrogen-bond acceptors (Lipinski definition) is 3. The Labute approximate surface area is 317 Å². The molecule has 3 nitrogen and oxygen atoms in total. The molecule has 0 fully saturated rings. The number of nitrogens with zero attached hydrogens (tertiary/aromatic N) is 2. The van der Waals surface area contributed by atoms with Crippen LogP contribution in [0.2, 0.25) is 0 Å². The lowest BCUT2D eigenvalue weighted by molar-refractivity contribution is 0.670. The monoisotopic (exact) mass is 700 g/mol. The number of para-hydroxylation sites is 2. The summed E-state index contributed by atoms with van der Waals surface area (Å²) in [6.45, 7) is 0. The summed E-state index contributed by atoms with van der Waals surface area (Å²) in [4.78, 5) is 10.1. The van der Waals surface area contributed by atoms with E-state index in [0.717, 1.165) is 71.7 Å². The van der Waals surface area contributed by atoms with E-state index in [0.29, 0.717) is 0 Å². The van der Waals surface area contributed by atoms with Gasteiger partial charge in [0, 0.05) is 32.7 Å². The molecule has 0 atom stereocenters. The van der Waals surface area contributed by atoms with Gasteiger partial charge in [-0.15, -0.1) is 0 Å². The lowest BCUT2D eigenvalue weighted by Gasteiger charge is -2.11. The molecule has 11 aromatic rings. The second-order valence-electron chi connectivity index (χ2n) is 14.1. The summed E-state index contributed by atoms with van der Waals surface area (Å²) in [7, 11) is 0. The fraction of sp³-hybridized carbons (Fsp3) is 0. The zero-order valence-corrected chi connectivity index (χ0v) is 29.8. The number of hydrogen-bond donors (Lipinski definition) is 0. The Balaban J connectivity index is 0.851. The molecule has 0 bridgehead atoms. The highest BCUT2D eigenvalue weighted by Crippen LogP contribution is 2.38. The highest BCUT2D eigenvalue weighted by Gasteiger charge is 2.14. The molecule has 2 heterocycles. The Bertz CT molecular complexity index is 3200. The van der Waals surface area contributed by atoms with Gasteiger partial charge in [-0.1, -0.05) is 176 Å². The molecule has 0 amide bonds. The third-order valence-electron chi connectivity index (χ3n) is 11.0. The van der Waals surface area contributed by atoms with Crippen LogP contribution in [-0.2, 0) is 0 Å². The van der Waals surface area contributed by atoms with E-state index in [1.807, 2.05) is 18.3 Å². The maximum absolute atomic E-state index is 6.30. The van der Waals surface area contributed by atoms with Crippen LogP contribution in [0.1, 0.15) is 0 Å². The second-order valence-corrected chi connectivity index (χ2v) is 14.1. The highest BCUT2D eigenvalue weighted by atomic mass is 16.3. The fourth-order valence-electron chi connectivity index (χ4n) is 8.15. The number of furan rings is 1. The van der Waals surface area contributed by atoms with E-state index in [1.54, 1.807) is 0 Å². The van der Waals surface area contributed by atoms with Crippen LogP contribution in [0.15, 0.2) is 199 Å². The Morgan fingerprint density at radius 2 is 0.800 bits per heavy atom. The van der Waals surface area contributed by atoms with E-state index in [4.69, 9.17) is 14.4 Å². The van der Waals surface area contributed by atoms with E-state index in [1.165, 1.54) is 38.6 Å². The molecule has 0 unspecified atom stereocenters. The molecule has 0 saturated carbocycles. The van der Waals surface area contributed by atoms with Crippen molar-refractivity contribution >= 4 is 54.5 Å². The minimum atomic E-state index is 0.867. The first kappa shape index (κ1) is 31.2. The Morgan fingerprint density at radius 3 is 1.44 bits per heavy atom. The van der Waals surface area contributed by atoms with E-state index < -0.39 is 0 Å². The van der Waals surface area contributed by atoms with Gasteiger partial charge in [0.05, 0.1) is 22.9 Å². The number of fused-ring (bicyclic) bond motifs is 9. The molecule has 55 heavy (non-hydrogen) atoms. The maximum atomic E-state index is 6.30.